The number of ether oxygens (including phenoxy) is 2. The standard InChI is InChI=1S/C25H28N6O6S/c1-3-37-22-21(16(2)32)29-23(30-24(22)31-12-14-36-15-13-31)17-4-6-18(7-5-17)27-25(33)28-19-8-10-20(11-9-19)38(26,34)35/h4-11H,3,12-15H2,1-2H3,(H2,26,34,35)(H2,27,28,33). The summed E-state index contributed by atoms with van der Waals surface area (Å²) in [5.74, 6) is 1.02. The summed E-state index contributed by atoms with van der Waals surface area (Å²) >= 11 is 0. The normalized spacial score (nSPS) is 13.6. The molecule has 0 spiro atoms. The highest BCUT2D eigenvalue weighted by molar-refractivity contribution is 7.89. The van der Waals surface area contributed by atoms with Gasteiger partial charge in [0.1, 0.15) is 0 Å². The summed E-state index contributed by atoms with van der Waals surface area (Å²) in [5, 5.41) is 10.4. The van der Waals surface area contributed by atoms with E-state index in [1.54, 1.807) is 24.3 Å². The number of nitrogens with two attached hydrogens (primary N) is 1. The number of aromatic nitrogens is 2. The second-order valence-corrected chi connectivity index (χ2v) is 9.92. The summed E-state index contributed by atoms with van der Waals surface area (Å²) in [6.45, 7) is 5.93. The Morgan fingerprint density at radius 3 is 2.11 bits per heavy atom. The summed E-state index contributed by atoms with van der Waals surface area (Å²) < 4.78 is 34.0. The number of nitrogens with zero attached hydrogens (tertiary/aromatic N) is 3. The summed E-state index contributed by atoms with van der Waals surface area (Å²) in [5.41, 5.74) is 1.74. The number of morpholine rings is 1. The number of rotatable bonds is 8. The molecule has 4 rings (SSSR count). The lowest BCUT2D eigenvalue weighted by atomic mass is 10.1. The van der Waals surface area contributed by atoms with E-state index in [0.717, 1.165) is 0 Å². The molecule has 3 aromatic rings. The van der Waals surface area contributed by atoms with E-state index in [-0.39, 0.29) is 16.4 Å². The number of primary sulfonamides is 1. The second kappa shape index (κ2) is 11.5. The van der Waals surface area contributed by atoms with Crippen LogP contribution in [0, 0.1) is 0 Å². The summed E-state index contributed by atoms with van der Waals surface area (Å²) in [6.07, 6.45) is 0. The molecule has 200 valence electrons. The Kier molecular flexibility index (Phi) is 8.20. The molecule has 13 heteroatoms. The molecule has 2 heterocycles. The number of Topliss-reactive ketones (excluding diaryl/α,β-unsaturated/α-hetero) is 1. The van der Waals surface area contributed by atoms with E-state index in [4.69, 9.17) is 19.6 Å². The van der Waals surface area contributed by atoms with Crippen molar-refractivity contribution in [3.8, 4) is 17.1 Å². The van der Waals surface area contributed by atoms with Crippen LogP contribution in [0.4, 0.5) is 22.0 Å². The van der Waals surface area contributed by atoms with Gasteiger partial charge in [-0.05, 0) is 55.5 Å². The van der Waals surface area contributed by atoms with Crippen LogP contribution in [0.2, 0.25) is 0 Å². The molecule has 1 aliphatic rings. The van der Waals surface area contributed by atoms with Crippen LogP contribution in [0.3, 0.4) is 0 Å². The predicted molar refractivity (Wildman–Crippen MR) is 142 cm³/mol. The van der Waals surface area contributed by atoms with Crippen LogP contribution in [0.1, 0.15) is 24.3 Å². The molecular weight excluding hydrogens is 512 g/mol. The molecule has 0 unspecified atom stereocenters. The van der Waals surface area contributed by atoms with E-state index < -0.39 is 16.1 Å². The molecular formula is C25H28N6O6S. The molecule has 0 radical (unpaired) electrons. The van der Waals surface area contributed by atoms with Crippen molar-refractivity contribution in [1.82, 2.24) is 9.97 Å². The van der Waals surface area contributed by atoms with E-state index >= 15 is 0 Å². The lowest BCUT2D eigenvalue weighted by Crippen LogP contribution is -2.37. The third-order valence-electron chi connectivity index (χ3n) is 5.62. The van der Waals surface area contributed by atoms with Crippen molar-refractivity contribution in [2.75, 3.05) is 48.4 Å². The maximum atomic E-state index is 12.4. The SMILES string of the molecule is CCOc1c(C(C)=O)nc(-c2ccc(NC(=O)Nc3ccc(S(N)(=O)=O)cc3)cc2)nc1N1CCOCC1. The molecule has 1 fully saturated rings. The zero-order valence-electron chi connectivity index (χ0n) is 20.9. The number of hydrogen-bond acceptors (Lipinski definition) is 9. The quantitative estimate of drug-likeness (QED) is 0.364. The van der Waals surface area contributed by atoms with Gasteiger partial charge in [-0.25, -0.2) is 28.3 Å². The fraction of sp³-hybridized carbons (Fsp3) is 0.280. The Bertz CT molecular complexity index is 1420. The van der Waals surface area contributed by atoms with Crippen molar-refractivity contribution in [2.45, 2.75) is 18.7 Å². The number of nitrogens with one attached hydrogen (secondary N) is 2. The third kappa shape index (κ3) is 6.43. The van der Waals surface area contributed by atoms with Gasteiger partial charge in [-0.3, -0.25) is 4.79 Å². The highest BCUT2D eigenvalue weighted by atomic mass is 32.2. The fourth-order valence-electron chi connectivity index (χ4n) is 3.80. The van der Waals surface area contributed by atoms with Crippen molar-refractivity contribution in [2.24, 2.45) is 5.14 Å². The van der Waals surface area contributed by atoms with Crippen molar-refractivity contribution >= 4 is 39.0 Å². The molecule has 2 amide bonds. The van der Waals surface area contributed by atoms with Crippen molar-refractivity contribution in [1.29, 1.82) is 0 Å². The predicted octanol–water partition coefficient (Wildman–Crippen LogP) is 2.87. The highest BCUT2D eigenvalue weighted by Gasteiger charge is 2.25. The first-order chi connectivity index (χ1) is 18.2. The van der Waals surface area contributed by atoms with Gasteiger partial charge in [-0.1, -0.05) is 0 Å². The van der Waals surface area contributed by atoms with Crippen LogP contribution in [-0.2, 0) is 14.8 Å². The second-order valence-electron chi connectivity index (χ2n) is 8.36. The number of carbonyl (C=O) groups is 2. The number of benzene rings is 2. The lowest BCUT2D eigenvalue weighted by molar-refractivity contribution is 0.100. The highest BCUT2D eigenvalue weighted by Crippen LogP contribution is 2.33. The topological polar surface area (TPSA) is 166 Å². The Labute approximate surface area is 220 Å². The molecule has 38 heavy (non-hydrogen) atoms. The van der Waals surface area contributed by atoms with E-state index in [1.165, 1.54) is 31.2 Å². The minimum Gasteiger partial charge on any atom is -0.488 e. The first kappa shape index (κ1) is 27.0. The number of amides is 2. The number of anilines is 3. The minimum absolute atomic E-state index is 0.0553. The Morgan fingerprint density at radius 2 is 1.58 bits per heavy atom. The van der Waals surface area contributed by atoms with Gasteiger partial charge in [0.05, 0.1) is 24.7 Å². The van der Waals surface area contributed by atoms with E-state index in [0.29, 0.717) is 67.2 Å². The maximum Gasteiger partial charge on any atom is 0.323 e. The number of ketones is 1. The van der Waals surface area contributed by atoms with Crippen LogP contribution in [-0.4, -0.2) is 63.1 Å². The molecule has 0 bridgehead atoms. The van der Waals surface area contributed by atoms with Gasteiger partial charge >= 0.3 is 6.03 Å². The molecule has 1 aromatic heterocycles. The zero-order chi connectivity index (χ0) is 27.3. The van der Waals surface area contributed by atoms with E-state index in [2.05, 4.69) is 15.6 Å². The van der Waals surface area contributed by atoms with Gasteiger partial charge in [0.25, 0.3) is 0 Å². The van der Waals surface area contributed by atoms with Gasteiger partial charge in [0.15, 0.2) is 28.9 Å². The fourth-order valence-corrected chi connectivity index (χ4v) is 4.31. The monoisotopic (exact) mass is 540 g/mol. The summed E-state index contributed by atoms with van der Waals surface area (Å²) in [6, 6.07) is 11.8. The number of urea groups is 1. The maximum absolute atomic E-state index is 12.4. The van der Waals surface area contributed by atoms with Crippen LogP contribution >= 0.6 is 0 Å². The van der Waals surface area contributed by atoms with Gasteiger partial charge in [0.2, 0.25) is 10.0 Å². The summed E-state index contributed by atoms with van der Waals surface area (Å²) in [4.78, 5) is 36.0. The van der Waals surface area contributed by atoms with Gasteiger partial charge < -0.3 is 25.0 Å². The van der Waals surface area contributed by atoms with Gasteiger partial charge in [-0.15, -0.1) is 0 Å². The molecule has 1 aliphatic heterocycles. The van der Waals surface area contributed by atoms with E-state index in [9.17, 15) is 18.0 Å². The van der Waals surface area contributed by atoms with E-state index in [1.807, 2.05) is 11.8 Å². The molecule has 12 nitrogen and oxygen atoms in total. The van der Waals surface area contributed by atoms with Crippen molar-refractivity contribution in [3.63, 3.8) is 0 Å². The average molecular weight is 541 g/mol. The number of sulfonamides is 1. The Morgan fingerprint density at radius 1 is 1.00 bits per heavy atom. The molecule has 4 N–H and O–H groups in total. The first-order valence-corrected chi connectivity index (χ1v) is 13.4. The van der Waals surface area contributed by atoms with Crippen molar-refractivity contribution < 1.29 is 27.5 Å². The van der Waals surface area contributed by atoms with Gasteiger partial charge in [-0.2, -0.15) is 0 Å². The lowest BCUT2D eigenvalue weighted by Gasteiger charge is -2.29. The largest absolute Gasteiger partial charge is 0.488 e. The third-order valence-corrected chi connectivity index (χ3v) is 6.55. The van der Waals surface area contributed by atoms with Crippen molar-refractivity contribution in [3.05, 3.63) is 54.2 Å². The van der Waals surface area contributed by atoms with Crippen LogP contribution < -0.4 is 25.4 Å². The first-order valence-electron chi connectivity index (χ1n) is 11.9. The average Bonchev–Trinajstić information content (AvgIpc) is 2.89. The molecule has 0 saturated carbocycles. The molecule has 0 atom stereocenters. The summed E-state index contributed by atoms with van der Waals surface area (Å²) in [7, 11) is -3.82. The minimum atomic E-state index is -3.82. The smallest absolute Gasteiger partial charge is 0.323 e. The molecule has 0 aliphatic carbocycles. The van der Waals surface area contributed by atoms with Gasteiger partial charge in [0, 0.05) is 37.0 Å². The number of hydrogen-bond donors (Lipinski definition) is 3. The van der Waals surface area contributed by atoms with Crippen LogP contribution in [0.25, 0.3) is 11.4 Å². The van der Waals surface area contributed by atoms with Crippen LogP contribution in [0.15, 0.2) is 53.4 Å². The zero-order valence-corrected chi connectivity index (χ0v) is 21.7. The Balaban J connectivity index is 1.53. The number of carbonyl (C=O) groups excluding carboxylic acids is 2. The van der Waals surface area contributed by atoms with Crippen LogP contribution in [0.5, 0.6) is 5.75 Å². The Hall–Kier alpha value is -4.07. The molecule has 2 aromatic carbocycles. The molecule has 1 saturated heterocycles.